The van der Waals surface area contributed by atoms with Crippen LogP contribution in [0.2, 0.25) is 0 Å². The molecule has 8 heteroatoms. The predicted octanol–water partition coefficient (Wildman–Crippen LogP) is 3.48. The Kier molecular flexibility index (Phi) is 5.73. The lowest BCUT2D eigenvalue weighted by Crippen LogP contribution is -2.34. The van der Waals surface area contributed by atoms with E-state index >= 15 is 0 Å². The van der Waals surface area contributed by atoms with E-state index in [0.717, 1.165) is 35.7 Å². The summed E-state index contributed by atoms with van der Waals surface area (Å²) in [7, 11) is 0. The summed E-state index contributed by atoms with van der Waals surface area (Å²) in [5.41, 5.74) is 19.7. The summed E-state index contributed by atoms with van der Waals surface area (Å²) in [6, 6.07) is 15.5. The van der Waals surface area contributed by atoms with Gasteiger partial charge in [-0.2, -0.15) is 5.10 Å². The second-order valence-electron chi connectivity index (χ2n) is 8.49. The van der Waals surface area contributed by atoms with E-state index < -0.39 is 0 Å². The lowest BCUT2D eigenvalue weighted by atomic mass is 9.81. The van der Waals surface area contributed by atoms with Crippen molar-refractivity contribution in [3.63, 3.8) is 0 Å². The van der Waals surface area contributed by atoms with Gasteiger partial charge in [0, 0.05) is 18.2 Å². The van der Waals surface area contributed by atoms with Crippen LogP contribution in [0.4, 0.5) is 17.3 Å². The molecular weight excluding hydrogens is 388 g/mol. The van der Waals surface area contributed by atoms with Crippen molar-refractivity contribution >= 4 is 17.3 Å². The number of H-pyrrole nitrogens is 1. The number of nitrogens with one attached hydrogen (secondary N) is 5. The zero-order valence-electron chi connectivity index (χ0n) is 17.6. The maximum Gasteiger partial charge on any atom is 0.169 e. The SMILES string of the molecule is Nc1cc(C(CCN[C@H]2CC[C@H](c3ccccc3)CC2)c2cc[nH]n2)c2c(n1)NNN2. The van der Waals surface area contributed by atoms with Crippen LogP contribution in [0.3, 0.4) is 0 Å². The summed E-state index contributed by atoms with van der Waals surface area (Å²) in [6.45, 7) is 0.927. The topological polar surface area (TPSA) is 116 Å². The lowest BCUT2D eigenvalue weighted by Gasteiger charge is -2.30. The summed E-state index contributed by atoms with van der Waals surface area (Å²) in [5, 5.41) is 11.2. The number of hydrazine groups is 2. The Bertz CT molecular complexity index is 980. The second-order valence-corrected chi connectivity index (χ2v) is 8.49. The van der Waals surface area contributed by atoms with E-state index in [1.807, 2.05) is 18.3 Å². The van der Waals surface area contributed by atoms with Crippen molar-refractivity contribution in [2.24, 2.45) is 0 Å². The smallest absolute Gasteiger partial charge is 0.169 e. The van der Waals surface area contributed by atoms with Crippen LogP contribution in [-0.4, -0.2) is 27.8 Å². The summed E-state index contributed by atoms with van der Waals surface area (Å²) in [4.78, 5) is 4.36. The number of nitrogens with zero attached hydrogens (tertiary/aromatic N) is 2. The lowest BCUT2D eigenvalue weighted by molar-refractivity contribution is 0.340. The molecule has 1 atom stereocenters. The molecule has 8 nitrogen and oxygen atoms in total. The Labute approximate surface area is 182 Å². The van der Waals surface area contributed by atoms with Crippen LogP contribution in [0.1, 0.15) is 60.8 Å². The Morgan fingerprint density at radius 2 is 1.90 bits per heavy atom. The van der Waals surface area contributed by atoms with E-state index in [2.05, 4.69) is 67.2 Å². The van der Waals surface area contributed by atoms with Crippen LogP contribution in [0.25, 0.3) is 0 Å². The molecule has 1 unspecified atom stereocenters. The van der Waals surface area contributed by atoms with E-state index in [0.29, 0.717) is 17.8 Å². The number of fused-ring (bicyclic) bond motifs is 1. The van der Waals surface area contributed by atoms with E-state index in [1.54, 1.807) is 0 Å². The van der Waals surface area contributed by atoms with Crippen LogP contribution in [0, 0.1) is 0 Å². The number of anilines is 3. The zero-order chi connectivity index (χ0) is 21.0. The number of pyridine rings is 1. The largest absolute Gasteiger partial charge is 0.384 e. The molecule has 1 aliphatic carbocycles. The number of aromatic amines is 1. The molecule has 1 aliphatic heterocycles. The maximum atomic E-state index is 6.08. The highest BCUT2D eigenvalue weighted by atomic mass is 15.6. The van der Waals surface area contributed by atoms with Crippen molar-refractivity contribution in [3.05, 3.63) is 65.5 Å². The van der Waals surface area contributed by atoms with Gasteiger partial charge in [-0.15, -0.1) is 5.53 Å². The average Bonchev–Trinajstić information content (AvgIpc) is 3.50. The molecule has 0 amide bonds. The molecule has 3 aromatic rings. The molecule has 1 fully saturated rings. The van der Waals surface area contributed by atoms with Gasteiger partial charge in [-0.1, -0.05) is 30.3 Å². The van der Waals surface area contributed by atoms with Gasteiger partial charge in [0.1, 0.15) is 5.82 Å². The standard InChI is InChI=1S/C23H30N8/c24-21-14-19(22-23(27-21)30-31-29-22)18(20-11-13-26-28-20)10-12-25-17-8-6-16(7-9-17)15-4-2-1-3-5-15/h1-5,11,13-14,16-18,25,29,31H,6-10,12H2,(H,26,28)(H3,24,27,30)/t16-,17-,18?. The molecule has 0 radical (unpaired) electrons. The van der Waals surface area contributed by atoms with E-state index in [4.69, 9.17) is 5.73 Å². The molecule has 2 aromatic heterocycles. The first-order chi connectivity index (χ1) is 15.3. The molecule has 0 spiro atoms. The molecule has 162 valence electrons. The highest BCUT2D eigenvalue weighted by Crippen LogP contribution is 2.38. The van der Waals surface area contributed by atoms with Crippen molar-refractivity contribution in [1.82, 2.24) is 26.0 Å². The second kappa shape index (κ2) is 8.95. The minimum Gasteiger partial charge on any atom is -0.384 e. The molecule has 5 rings (SSSR count). The quantitative estimate of drug-likeness (QED) is 0.348. The Balaban J connectivity index is 1.22. The van der Waals surface area contributed by atoms with Crippen LogP contribution in [-0.2, 0) is 0 Å². The fourth-order valence-electron chi connectivity index (χ4n) is 4.95. The highest BCUT2D eigenvalue weighted by molar-refractivity contribution is 5.75. The molecule has 1 aromatic carbocycles. The Morgan fingerprint density at radius 1 is 1.06 bits per heavy atom. The van der Waals surface area contributed by atoms with Crippen molar-refractivity contribution in [1.29, 1.82) is 0 Å². The van der Waals surface area contributed by atoms with Gasteiger partial charge in [0.2, 0.25) is 0 Å². The number of hydrogen-bond acceptors (Lipinski definition) is 7. The number of aromatic nitrogens is 3. The molecular formula is C23H30N8. The fourth-order valence-corrected chi connectivity index (χ4v) is 4.95. The van der Waals surface area contributed by atoms with E-state index in [-0.39, 0.29) is 5.92 Å². The van der Waals surface area contributed by atoms with Crippen molar-refractivity contribution < 1.29 is 0 Å². The summed E-state index contributed by atoms with van der Waals surface area (Å²) >= 11 is 0. The fraction of sp³-hybridized carbons (Fsp3) is 0.391. The van der Waals surface area contributed by atoms with Crippen LogP contribution in [0.5, 0.6) is 0 Å². The molecule has 0 saturated heterocycles. The van der Waals surface area contributed by atoms with E-state index in [9.17, 15) is 0 Å². The van der Waals surface area contributed by atoms with Gasteiger partial charge in [-0.3, -0.25) is 10.5 Å². The first-order valence-corrected chi connectivity index (χ1v) is 11.1. The van der Waals surface area contributed by atoms with Gasteiger partial charge in [-0.25, -0.2) is 4.98 Å². The Hall–Kier alpha value is -3.10. The highest BCUT2D eigenvalue weighted by Gasteiger charge is 2.26. The zero-order valence-corrected chi connectivity index (χ0v) is 17.6. The Morgan fingerprint density at radius 3 is 2.68 bits per heavy atom. The molecule has 2 aliphatic rings. The number of nitrogen functional groups attached to an aromatic ring is 1. The maximum absolute atomic E-state index is 6.08. The van der Waals surface area contributed by atoms with Crippen LogP contribution in [0.15, 0.2) is 48.7 Å². The van der Waals surface area contributed by atoms with E-state index in [1.165, 1.54) is 31.2 Å². The molecule has 7 N–H and O–H groups in total. The number of nitrogens with two attached hydrogens (primary N) is 1. The molecule has 3 heterocycles. The molecule has 1 saturated carbocycles. The minimum absolute atomic E-state index is 0.118. The first-order valence-electron chi connectivity index (χ1n) is 11.1. The molecule has 0 bridgehead atoms. The van der Waals surface area contributed by atoms with Gasteiger partial charge >= 0.3 is 0 Å². The van der Waals surface area contributed by atoms with Gasteiger partial charge in [0.25, 0.3) is 0 Å². The number of rotatable bonds is 7. The van der Waals surface area contributed by atoms with Crippen molar-refractivity contribution in [2.75, 3.05) is 23.1 Å². The number of benzene rings is 1. The predicted molar refractivity (Wildman–Crippen MR) is 124 cm³/mol. The monoisotopic (exact) mass is 418 g/mol. The van der Waals surface area contributed by atoms with Gasteiger partial charge in [0.05, 0.1) is 11.4 Å². The average molecular weight is 419 g/mol. The summed E-state index contributed by atoms with van der Waals surface area (Å²) < 4.78 is 0. The van der Waals surface area contributed by atoms with Crippen LogP contribution < -0.4 is 27.4 Å². The van der Waals surface area contributed by atoms with Crippen molar-refractivity contribution in [2.45, 2.75) is 50.0 Å². The summed E-state index contributed by atoms with van der Waals surface area (Å²) in [5.74, 6) is 2.04. The normalized spacial score (nSPS) is 21.2. The summed E-state index contributed by atoms with van der Waals surface area (Å²) in [6.07, 6.45) is 7.75. The third-order valence-corrected chi connectivity index (χ3v) is 6.56. The third kappa shape index (κ3) is 4.35. The molecule has 31 heavy (non-hydrogen) atoms. The van der Waals surface area contributed by atoms with Gasteiger partial charge < -0.3 is 16.5 Å². The van der Waals surface area contributed by atoms with Crippen LogP contribution >= 0.6 is 0 Å². The first kappa shape index (κ1) is 19.8. The van der Waals surface area contributed by atoms with Crippen molar-refractivity contribution in [3.8, 4) is 0 Å². The van der Waals surface area contributed by atoms with Gasteiger partial charge in [-0.05, 0) is 67.8 Å². The number of hydrogen-bond donors (Lipinski definition) is 6. The minimum atomic E-state index is 0.118. The third-order valence-electron chi connectivity index (χ3n) is 6.56. The van der Waals surface area contributed by atoms with Gasteiger partial charge in [0.15, 0.2) is 5.82 Å².